The van der Waals surface area contributed by atoms with Crippen molar-refractivity contribution in [2.75, 3.05) is 11.6 Å². The zero-order valence-electron chi connectivity index (χ0n) is 18.3. The highest BCUT2D eigenvalue weighted by Crippen LogP contribution is 2.33. The van der Waals surface area contributed by atoms with Gasteiger partial charge >= 0.3 is 17.8 Å². The third kappa shape index (κ3) is 4.83. The number of benzene rings is 1. The number of amides is 1. The summed E-state index contributed by atoms with van der Waals surface area (Å²) in [4.78, 5) is 44.0. The van der Waals surface area contributed by atoms with E-state index in [1.807, 2.05) is 0 Å². The maximum absolute atomic E-state index is 12.9. The zero-order chi connectivity index (χ0) is 26.2. The van der Waals surface area contributed by atoms with Gasteiger partial charge in [0.2, 0.25) is 5.13 Å². The molecule has 1 amide bonds. The van der Waals surface area contributed by atoms with Gasteiger partial charge in [0, 0.05) is 19.7 Å². The summed E-state index contributed by atoms with van der Waals surface area (Å²) < 4.78 is 53.5. The van der Waals surface area contributed by atoms with Crippen LogP contribution in [-0.2, 0) is 21.0 Å². The minimum absolute atomic E-state index is 0.0752. The molecule has 2 N–H and O–H groups in total. The van der Waals surface area contributed by atoms with Crippen molar-refractivity contribution in [2.45, 2.75) is 19.6 Å². The first-order valence-electron chi connectivity index (χ1n) is 10.1. The molecule has 36 heavy (non-hydrogen) atoms. The van der Waals surface area contributed by atoms with Crippen molar-refractivity contribution >= 4 is 44.2 Å². The Hall–Kier alpha value is -4.11. The second-order valence-corrected chi connectivity index (χ2v) is 8.44. The van der Waals surface area contributed by atoms with Gasteiger partial charge in [-0.15, -0.1) is 10.2 Å². The van der Waals surface area contributed by atoms with Crippen LogP contribution in [0.15, 0.2) is 53.2 Å². The predicted octanol–water partition coefficient (Wildman–Crippen LogP) is 2.96. The Morgan fingerprint density at radius 1 is 1.22 bits per heavy atom. The molecule has 10 nitrogen and oxygen atoms in total. The number of pyridine rings is 1. The average molecular weight is 524 g/mol. The highest BCUT2D eigenvalue weighted by molar-refractivity contribution is 7.22. The molecule has 3 aromatic heterocycles. The standard InChI is InChI=1S/C21H16F4N6O4S/c1-11(32)31(35-18(33)21(23,24)25)19-27-15-6-13(2-4-16(15)36-19)14-3-5-17-28-30(9-12(7-22)8-26)20(34)29(17)10-14/h2-7,10H,8-9,26H2,1H3/b12-7+. The average Bonchev–Trinajstić information content (AvgIpc) is 3.39. The summed E-state index contributed by atoms with van der Waals surface area (Å²) in [7, 11) is 0. The second kappa shape index (κ2) is 9.50. The number of hydrogen-bond acceptors (Lipinski definition) is 8. The third-order valence-electron chi connectivity index (χ3n) is 4.92. The van der Waals surface area contributed by atoms with Crippen LogP contribution in [0.3, 0.4) is 0 Å². The minimum Gasteiger partial charge on any atom is -0.327 e. The van der Waals surface area contributed by atoms with Crippen LogP contribution in [-0.4, -0.2) is 43.8 Å². The van der Waals surface area contributed by atoms with Gasteiger partial charge in [0.1, 0.15) is 0 Å². The van der Waals surface area contributed by atoms with E-state index in [9.17, 15) is 31.9 Å². The second-order valence-electron chi connectivity index (χ2n) is 7.43. The number of aromatic nitrogens is 4. The number of nitrogens with zero attached hydrogens (tertiary/aromatic N) is 5. The quantitative estimate of drug-likeness (QED) is 0.314. The molecule has 0 aliphatic carbocycles. The minimum atomic E-state index is -5.30. The molecule has 0 unspecified atom stereocenters. The van der Waals surface area contributed by atoms with Crippen LogP contribution in [0.1, 0.15) is 6.92 Å². The highest BCUT2D eigenvalue weighted by atomic mass is 32.1. The number of thiazole rings is 1. The molecule has 0 radical (unpaired) electrons. The van der Waals surface area contributed by atoms with Gasteiger partial charge in [-0.2, -0.15) is 13.2 Å². The lowest BCUT2D eigenvalue weighted by molar-refractivity contribution is -0.201. The molecule has 0 saturated heterocycles. The molecule has 4 aromatic rings. The van der Waals surface area contributed by atoms with Crippen LogP contribution >= 0.6 is 11.3 Å². The number of carbonyl (C=O) groups excluding carboxylic acids is 2. The fraction of sp³-hybridized carbons (Fsp3) is 0.190. The zero-order valence-corrected chi connectivity index (χ0v) is 19.1. The molecule has 15 heteroatoms. The van der Waals surface area contributed by atoms with Gasteiger partial charge < -0.3 is 10.6 Å². The number of nitrogens with two attached hydrogens (primary N) is 1. The van der Waals surface area contributed by atoms with Crippen LogP contribution in [0.25, 0.3) is 27.0 Å². The van der Waals surface area contributed by atoms with E-state index in [1.165, 1.54) is 10.6 Å². The van der Waals surface area contributed by atoms with Crippen LogP contribution in [0.4, 0.5) is 22.7 Å². The molecule has 0 aliphatic heterocycles. The van der Waals surface area contributed by atoms with E-state index < -0.39 is 23.7 Å². The van der Waals surface area contributed by atoms with Gasteiger partial charge in [-0.3, -0.25) is 4.79 Å². The first-order valence-corrected chi connectivity index (χ1v) is 10.9. The van der Waals surface area contributed by atoms with Crippen molar-refractivity contribution < 1.29 is 32.0 Å². The predicted molar refractivity (Wildman–Crippen MR) is 122 cm³/mol. The van der Waals surface area contributed by atoms with Crippen LogP contribution in [0, 0.1) is 0 Å². The smallest absolute Gasteiger partial charge is 0.327 e. The number of alkyl halides is 3. The number of rotatable bonds is 5. The number of hydroxylamine groups is 1. The van der Waals surface area contributed by atoms with Crippen molar-refractivity contribution in [1.29, 1.82) is 0 Å². The van der Waals surface area contributed by atoms with E-state index in [4.69, 9.17) is 5.73 Å². The monoisotopic (exact) mass is 524 g/mol. The topological polar surface area (TPSA) is 125 Å². The van der Waals surface area contributed by atoms with Crippen molar-refractivity contribution in [3.05, 3.63) is 58.9 Å². The molecule has 0 fully saturated rings. The van der Waals surface area contributed by atoms with Gasteiger partial charge in [0.15, 0.2) is 5.65 Å². The van der Waals surface area contributed by atoms with E-state index in [0.29, 0.717) is 33.3 Å². The largest absolute Gasteiger partial charge is 0.493 e. The fourth-order valence-electron chi connectivity index (χ4n) is 3.18. The summed E-state index contributed by atoms with van der Waals surface area (Å²) in [5.41, 5.74) is 6.91. The summed E-state index contributed by atoms with van der Waals surface area (Å²) in [6.45, 7) is 0.740. The SMILES string of the molecule is CC(=O)N(OC(=O)C(F)(F)F)c1nc2cc(-c3ccc4nn(C/C(=C/F)CN)c(=O)n4c3)ccc2s1. The van der Waals surface area contributed by atoms with Crippen LogP contribution in [0.2, 0.25) is 0 Å². The molecule has 0 atom stereocenters. The Morgan fingerprint density at radius 2 is 1.94 bits per heavy atom. The lowest BCUT2D eigenvalue weighted by atomic mass is 10.1. The number of fused-ring (bicyclic) bond motifs is 2. The van der Waals surface area contributed by atoms with Gasteiger partial charge in [-0.1, -0.05) is 17.4 Å². The lowest BCUT2D eigenvalue weighted by Crippen LogP contribution is -2.37. The molecular formula is C21H16F4N6O4S. The summed E-state index contributed by atoms with van der Waals surface area (Å²) >= 11 is 0.843. The van der Waals surface area contributed by atoms with Crippen molar-refractivity contribution in [3.63, 3.8) is 0 Å². The van der Waals surface area contributed by atoms with Crippen molar-refractivity contribution in [1.82, 2.24) is 19.2 Å². The van der Waals surface area contributed by atoms with Gasteiger partial charge in [0.25, 0.3) is 5.91 Å². The van der Waals surface area contributed by atoms with E-state index in [1.54, 1.807) is 30.3 Å². The number of carbonyl (C=O) groups is 2. The Morgan fingerprint density at radius 3 is 2.58 bits per heavy atom. The molecule has 0 saturated carbocycles. The number of hydrogen-bond donors (Lipinski definition) is 1. The molecule has 0 bridgehead atoms. The van der Waals surface area contributed by atoms with E-state index >= 15 is 0 Å². The van der Waals surface area contributed by atoms with Crippen molar-refractivity contribution in [3.8, 4) is 11.1 Å². The molecule has 0 spiro atoms. The Bertz CT molecular complexity index is 1570. The van der Waals surface area contributed by atoms with Gasteiger partial charge in [-0.25, -0.2) is 28.0 Å². The summed E-state index contributed by atoms with van der Waals surface area (Å²) in [5, 5.41) is 4.06. The van der Waals surface area contributed by atoms with E-state index in [0.717, 1.165) is 22.9 Å². The maximum atomic E-state index is 12.9. The van der Waals surface area contributed by atoms with Crippen molar-refractivity contribution in [2.24, 2.45) is 5.73 Å². The van der Waals surface area contributed by atoms with Crippen LogP contribution in [0.5, 0.6) is 0 Å². The van der Waals surface area contributed by atoms with Crippen LogP contribution < -0.4 is 16.5 Å². The third-order valence-corrected chi connectivity index (χ3v) is 5.93. The molecule has 1 aromatic carbocycles. The Balaban J connectivity index is 1.68. The first kappa shape index (κ1) is 25.0. The lowest BCUT2D eigenvalue weighted by Gasteiger charge is -2.16. The first-order chi connectivity index (χ1) is 17.0. The van der Waals surface area contributed by atoms with Gasteiger partial charge in [0.05, 0.1) is 23.1 Å². The molecule has 3 heterocycles. The van der Waals surface area contributed by atoms with E-state index in [-0.39, 0.29) is 28.9 Å². The van der Waals surface area contributed by atoms with Gasteiger partial charge in [-0.05, 0) is 41.0 Å². The summed E-state index contributed by atoms with van der Waals surface area (Å²) in [6.07, 6.45) is -3.45. The molecule has 4 rings (SSSR count). The Labute approximate surface area is 202 Å². The summed E-state index contributed by atoms with van der Waals surface area (Å²) in [6, 6.07) is 8.15. The molecular weight excluding hydrogens is 508 g/mol. The number of halogens is 4. The fourth-order valence-corrected chi connectivity index (χ4v) is 4.12. The highest BCUT2D eigenvalue weighted by Gasteiger charge is 2.43. The maximum Gasteiger partial charge on any atom is 0.493 e. The number of anilines is 1. The normalized spacial score (nSPS) is 12.3. The Kier molecular flexibility index (Phi) is 6.60. The van der Waals surface area contributed by atoms with E-state index in [2.05, 4.69) is 14.9 Å². The molecule has 0 aliphatic rings. The molecule has 188 valence electrons. The summed E-state index contributed by atoms with van der Waals surface area (Å²) in [5.74, 6) is -3.54.